The summed E-state index contributed by atoms with van der Waals surface area (Å²) in [6.07, 6.45) is 0.988. The van der Waals surface area contributed by atoms with Crippen LogP contribution in [0.3, 0.4) is 0 Å². The van der Waals surface area contributed by atoms with Crippen molar-refractivity contribution in [2.24, 2.45) is 5.92 Å². The van der Waals surface area contributed by atoms with Crippen LogP contribution >= 0.6 is 0 Å². The molecule has 0 heterocycles. The number of aldehydes is 1. The molecule has 0 aromatic rings. The highest BCUT2D eigenvalue weighted by atomic mass is 16.5. The summed E-state index contributed by atoms with van der Waals surface area (Å²) < 4.78 is 10.3. The van der Waals surface area contributed by atoms with Crippen LogP contribution in [0, 0.1) is 5.92 Å². The van der Waals surface area contributed by atoms with Gasteiger partial charge in [-0.3, -0.25) is 9.59 Å². The summed E-state index contributed by atoms with van der Waals surface area (Å²) in [5.74, 6) is -0.376. The molecular formula is C17H35NO5. The number of ketones is 1. The summed E-state index contributed by atoms with van der Waals surface area (Å²) in [5, 5.41) is 0. The first-order chi connectivity index (χ1) is 11.0. The maximum atomic E-state index is 11.7. The Bertz CT molecular complexity index is 295. The summed E-state index contributed by atoms with van der Waals surface area (Å²) in [4.78, 5) is 34.2. The fourth-order valence-electron chi connectivity index (χ4n) is 1.37. The fourth-order valence-corrected chi connectivity index (χ4v) is 1.37. The van der Waals surface area contributed by atoms with Gasteiger partial charge < -0.3 is 19.2 Å². The van der Waals surface area contributed by atoms with E-state index in [1.807, 2.05) is 27.7 Å². The van der Waals surface area contributed by atoms with Gasteiger partial charge in [-0.25, -0.2) is 0 Å². The number of hydrogen-bond donors (Lipinski definition) is 0. The third-order valence-electron chi connectivity index (χ3n) is 2.50. The fraction of sp³-hybridized carbons (Fsp3) is 0.824. The molecule has 0 bridgehead atoms. The number of rotatable bonds is 11. The molecular weight excluding hydrogens is 298 g/mol. The second-order valence-corrected chi connectivity index (χ2v) is 4.43. The number of amides is 1. The van der Waals surface area contributed by atoms with Crippen molar-refractivity contribution in [1.82, 2.24) is 4.90 Å². The predicted octanol–water partition coefficient (Wildman–Crippen LogP) is 2.34. The topological polar surface area (TPSA) is 72.9 Å². The molecule has 1 unspecified atom stereocenters. The van der Waals surface area contributed by atoms with Crippen molar-refractivity contribution in [3.63, 3.8) is 0 Å². The van der Waals surface area contributed by atoms with Crippen LogP contribution < -0.4 is 0 Å². The maximum absolute atomic E-state index is 11.7. The Morgan fingerprint density at radius 3 is 2.04 bits per heavy atom. The molecule has 23 heavy (non-hydrogen) atoms. The van der Waals surface area contributed by atoms with E-state index in [9.17, 15) is 14.4 Å². The molecule has 0 aromatic carbocycles. The standard InChI is InChI=1S/C13H23NO5.2C2H6/c1-11(4-6-15)13(17)14(3)5-7-18-8-9-19-10-12(2)16;2*1-2/h6,11H,4-5,7-10H2,1-3H3;2*1-2H3. The van der Waals surface area contributed by atoms with Crippen LogP contribution in [0.15, 0.2) is 0 Å². The minimum Gasteiger partial charge on any atom is -0.377 e. The quantitative estimate of drug-likeness (QED) is 0.429. The molecule has 0 aliphatic heterocycles. The highest BCUT2D eigenvalue weighted by Crippen LogP contribution is 2.03. The smallest absolute Gasteiger partial charge is 0.225 e. The summed E-state index contributed by atoms with van der Waals surface area (Å²) >= 11 is 0. The van der Waals surface area contributed by atoms with Crippen molar-refractivity contribution < 1.29 is 23.9 Å². The SMILES string of the molecule is CC.CC.CC(=O)COCCOCCN(C)C(=O)C(C)CC=O. The number of nitrogens with zero attached hydrogens (tertiary/aromatic N) is 1. The van der Waals surface area contributed by atoms with Gasteiger partial charge in [0.05, 0.1) is 19.8 Å². The summed E-state index contributed by atoms with van der Waals surface area (Å²) in [7, 11) is 1.68. The molecule has 0 saturated carbocycles. The highest BCUT2D eigenvalue weighted by Gasteiger charge is 2.16. The number of likely N-dealkylation sites (N-methyl/N-ethyl adjacent to an activating group) is 1. The van der Waals surface area contributed by atoms with Crippen LogP contribution in [0.5, 0.6) is 0 Å². The van der Waals surface area contributed by atoms with E-state index in [2.05, 4.69) is 0 Å². The van der Waals surface area contributed by atoms with E-state index in [0.717, 1.165) is 6.29 Å². The van der Waals surface area contributed by atoms with Crippen molar-refractivity contribution in [3.8, 4) is 0 Å². The van der Waals surface area contributed by atoms with Crippen LogP contribution in [-0.4, -0.2) is 62.9 Å². The van der Waals surface area contributed by atoms with Gasteiger partial charge in [-0.15, -0.1) is 0 Å². The van der Waals surface area contributed by atoms with E-state index >= 15 is 0 Å². The van der Waals surface area contributed by atoms with Gasteiger partial charge in [-0.2, -0.15) is 0 Å². The molecule has 138 valence electrons. The molecule has 0 saturated heterocycles. The normalized spacial score (nSPS) is 10.4. The molecule has 0 N–H and O–H groups in total. The lowest BCUT2D eigenvalue weighted by molar-refractivity contribution is -0.135. The van der Waals surface area contributed by atoms with Crippen molar-refractivity contribution in [3.05, 3.63) is 0 Å². The second kappa shape index (κ2) is 20.7. The molecule has 0 radical (unpaired) electrons. The van der Waals surface area contributed by atoms with Crippen LogP contribution in [0.1, 0.15) is 48.0 Å². The molecule has 1 atom stereocenters. The number of carbonyl (C=O) groups excluding carboxylic acids is 3. The van der Waals surface area contributed by atoms with Gasteiger partial charge >= 0.3 is 0 Å². The lowest BCUT2D eigenvalue weighted by Gasteiger charge is -2.20. The molecule has 0 rings (SSSR count). The van der Waals surface area contributed by atoms with Crippen LogP contribution in [-0.2, 0) is 23.9 Å². The number of Topliss-reactive ketones (excluding diaryl/α,β-unsaturated/α-hetero) is 1. The second-order valence-electron chi connectivity index (χ2n) is 4.43. The van der Waals surface area contributed by atoms with Crippen LogP contribution in [0.4, 0.5) is 0 Å². The Kier molecular flexibility index (Phi) is 24.0. The van der Waals surface area contributed by atoms with E-state index < -0.39 is 0 Å². The van der Waals surface area contributed by atoms with Crippen molar-refractivity contribution >= 4 is 18.0 Å². The molecule has 6 nitrogen and oxygen atoms in total. The Hall–Kier alpha value is -1.27. The molecule has 0 aromatic heterocycles. The first kappa shape index (κ1) is 26.6. The molecule has 0 aliphatic rings. The van der Waals surface area contributed by atoms with Gasteiger partial charge in [-0.1, -0.05) is 34.6 Å². The minimum atomic E-state index is -0.290. The number of ether oxygens (including phenoxy) is 2. The highest BCUT2D eigenvalue weighted by molar-refractivity contribution is 5.80. The van der Waals surface area contributed by atoms with Gasteiger partial charge in [0, 0.05) is 25.9 Å². The third-order valence-corrected chi connectivity index (χ3v) is 2.50. The Balaban J connectivity index is -0.000000919. The Morgan fingerprint density at radius 1 is 1.04 bits per heavy atom. The number of hydrogen-bond acceptors (Lipinski definition) is 5. The summed E-state index contributed by atoms with van der Waals surface area (Å²) in [5.41, 5.74) is 0. The zero-order valence-corrected chi connectivity index (χ0v) is 15.9. The number of carbonyl (C=O) groups is 3. The molecule has 0 fully saturated rings. The lowest BCUT2D eigenvalue weighted by atomic mass is 10.1. The van der Waals surface area contributed by atoms with E-state index in [1.54, 1.807) is 18.9 Å². The first-order valence-electron chi connectivity index (χ1n) is 8.32. The van der Waals surface area contributed by atoms with E-state index in [0.29, 0.717) is 26.4 Å². The average molecular weight is 333 g/mol. The van der Waals surface area contributed by atoms with Gasteiger partial charge in [0.25, 0.3) is 0 Å². The largest absolute Gasteiger partial charge is 0.377 e. The zero-order valence-electron chi connectivity index (χ0n) is 15.9. The zero-order chi connectivity index (χ0) is 18.7. The van der Waals surface area contributed by atoms with Crippen LogP contribution in [0.25, 0.3) is 0 Å². The minimum absolute atomic E-state index is 0.0190. The lowest BCUT2D eigenvalue weighted by Crippen LogP contribution is -2.34. The Labute approximate surface area is 141 Å². The van der Waals surface area contributed by atoms with Gasteiger partial charge in [0.15, 0.2) is 5.78 Å². The average Bonchev–Trinajstić information content (AvgIpc) is 2.56. The maximum Gasteiger partial charge on any atom is 0.225 e. The van der Waals surface area contributed by atoms with Crippen molar-refractivity contribution in [2.45, 2.75) is 48.0 Å². The van der Waals surface area contributed by atoms with Crippen LogP contribution in [0.2, 0.25) is 0 Å². The summed E-state index contributed by atoms with van der Waals surface area (Å²) in [6, 6.07) is 0. The van der Waals surface area contributed by atoms with Gasteiger partial charge in [-0.05, 0) is 6.92 Å². The van der Waals surface area contributed by atoms with Gasteiger partial charge in [0.1, 0.15) is 12.9 Å². The summed E-state index contributed by atoms with van der Waals surface area (Å²) in [6.45, 7) is 12.9. The molecule has 6 heteroatoms. The third kappa shape index (κ3) is 18.7. The molecule has 0 spiro atoms. The van der Waals surface area contributed by atoms with Gasteiger partial charge in [0.2, 0.25) is 5.91 Å². The molecule has 0 aliphatic carbocycles. The Morgan fingerprint density at radius 2 is 1.57 bits per heavy atom. The van der Waals surface area contributed by atoms with Crippen molar-refractivity contribution in [2.75, 3.05) is 40.0 Å². The van der Waals surface area contributed by atoms with E-state index in [-0.39, 0.29) is 30.6 Å². The van der Waals surface area contributed by atoms with E-state index in [4.69, 9.17) is 9.47 Å². The first-order valence-corrected chi connectivity index (χ1v) is 8.32. The van der Waals surface area contributed by atoms with Crippen molar-refractivity contribution in [1.29, 1.82) is 0 Å². The predicted molar refractivity (Wildman–Crippen MR) is 92.5 cm³/mol. The van der Waals surface area contributed by atoms with E-state index in [1.165, 1.54) is 6.92 Å². The monoisotopic (exact) mass is 333 g/mol. The molecule has 1 amide bonds.